The van der Waals surface area contributed by atoms with Crippen LogP contribution in [0.2, 0.25) is 0 Å². The van der Waals surface area contributed by atoms with Gasteiger partial charge in [-0.25, -0.2) is 4.98 Å². The fourth-order valence-corrected chi connectivity index (χ4v) is 4.18. The number of aryl methyl sites for hydroxylation is 1. The Labute approximate surface area is 136 Å². The Hall–Kier alpha value is -2.10. The van der Waals surface area contributed by atoms with Crippen molar-refractivity contribution >= 4 is 5.91 Å². The van der Waals surface area contributed by atoms with Crippen molar-refractivity contribution in [3.8, 4) is 5.69 Å². The summed E-state index contributed by atoms with van der Waals surface area (Å²) in [5.74, 6) is 2.86. The summed E-state index contributed by atoms with van der Waals surface area (Å²) in [6, 6.07) is 8.40. The molecule has 2 fully saturated rings. The Morgan fingerprint density at radius 1 is 1.26 bits per heavy atom. The van der Waals surface area contributed by atoms with Crippen molar-refractivity contribution in [1.29, 1.82) is 0 Å². The highest BCUT2D eigenvalue weighted by atomic mass is 16.2. The maximum Gasteiger partial charge on any atom is 0.224 e. The number of rotatable bonds is 4. The lowest BCUT2D eigenvalue weighted by Crippen LogP contribution is -2.29. The summed E-state index contributed by atoms with van der Waals surface area (Å²) in [7, 11) is 0. The Balaban J connectivity index is 1.41. The van der Waals surface area contributed by atoms with Gasteiger partial charge >= 0.3 is 0 Å². The molecular formula is C19H23N3O. The van der Waals surface area contributed by atoms with Crippen molar-refractivity contribution < 1.29 is 4.79 Å². The van der Waals surface area contributed by atoms with Gasteiger partial charge in [0.1, 0.15) is 5.82 Å². The van der Waals surface area contributed by atoms with E-state index in [4.69, 9.17) is 0 Å². The van der Waals surface area contributed by atoms with E-state index < -0.39 is 0 Å². The third-order valence-electron chi connectivity index (χ3n) is 5.57. The highest BCUT2D eigenvalue weighted by Gasteiger charge is 2.56. The monoisotopic (exact) mass is 309 g/mol. The summed E-state index contributed by atoms with van der Waals surface area (Å²) in [5, 5.41) is 3.19. The van der Waals surface area contributed by atoms with E-state index in [1.54, 1.807) is 6.20 Å². The second-order valence-corrected chi connectivity index (χ2v) is 6.95. The minimum atomic E-state index is 0.0572. The molecule has 1 amide bonds. The number of amides is 1. The molecule has 1 N–H and O–H groups in total. The molecule has 23 heavy (non-hydrogen) atoms. The van der Waals surface area contributed by atoms with Crippen molar-refractivity contribution in [2.75, 3.05) is 0 Å². The highest BCUT2D eigenvalue weighted by Crippen LogP contribution is 2.57. The van der Waals surface area contributed by atoms with E-state index in [9.17, 15) is 4.79 Å². The Kier molecular flexibility index (Phi) is 3.47. The zero-order valence-corrected chi connectivity index (χ0v) is 13.7. The molecule has 0 saturated heterocycles. The van der Waals surface area contributed by atoms with E-state index in [0.29, 0.717) is 17.8 Å². The molecule has 2 aromatic rings. The van der Waals surface area contributed by atoms with Gasteiger partial charge in [0.05, 0.1) is 6.04 Å². The molecule has 1 aromatic heterocycles. The third-order valence-corrected chi connectivity index (χ3v) is 5.57. The number of carbonyl (C=O) groups is 1. The summed E-state index contributed by atoms with van der Waals surface area (Å²) < 4.78 is 2.05. The van der Waals surface area contributed by atoms with Crippen LogP contribution < -0.4 is 5.32 Å². The number of nitrogens with zero attached hydrogens (tertiary/aromatic N) is 2. The lowest BCUT2D eigenvalue weighted by atomic mass is 10.1. The van der Waals surface area contributed by atoms with Crippen LogP contribution in [0.15, 0.2) is 36.7 Å². The van der Waals surface area contributed by atoms with Gasteiger partial charge in [-0.2, -0.15) is 0 Å². The molecule has 0 unspecified atom stereocenters. The molecule has 0 spiro atoms. The number of carbonyl (C=O) groups excluding carboxylic acids is 1. The van der Waals surface area contributed by atoms with Crippen LogP contribution in [-0.2, 0) is 4.79 Å². The number of imidazole rings is 1. The largest absolute Gasteiger partial charge is 0.349 e. The number of hydrogen-bond acceptors (Lipinski definition) is 2. The molecule has 1 heterocycles. The molecule has 1 aromatic carbocycles. The minimum absolute atomic E-state index is 0.0572. The normalized spacial score (nSPS) is 26.6. The topological polar surface area (TPSA) is 46.9 Å². The molecule has 2 aliphatic rings. The van der Waals surface area contributed by atoms with Crippen LogP contribution >= 0.6 is 0 Å². The Morgan fingerprint density at radius 2 is 1.96 bits per heavy atom. The maximum absolute atomic E-state index is 12.4. The molecule has 3 atom stereocenters. The van der Waals surface area contributed by atoms with E-state index in [-0.39, 0.29) is 11.9 Å². The zero-order chi connectivity index (χ0) is 16.0. The van der Waals surface area contributed by atoms with E-state index in [2.05, 4.69) is 46.1 Å². The third kappa shape index (κ3) is 2.56. The first kappa shape index (κ1) is 14.5. The second kappa shape index (κ2) is 5.52. The quantitative estimate of drug-likeness (QED) is 0.941. The van der Waals surface area contributed by atoms with Gasteiger partial charge in [0.2, 0.25) is 5.91 Å². The lowest BCUT2D eigenvalue weighted by Gasteiger charge is -2.16. The van der Waals surface area contributed by atoms with Crippen LogP contribution in [0.5, 0.6) is 0 Å². The highest BCUT2D eigenvalue weighted by molar-refractivity contribution is 5.82. The van der Waals surface area contributed by atoms with Gasteiger partial charge in [0.15, 0.2) is 0 Å². The summed E-state index contributed by atoms with van der Waals surface area (Å²) in [6.45, 7) is 4.05. The molecule has 4 rings (SSSR count). The molecular weight excluding hydrogens is 286 g/mol. The van der Waals surface area contributed by atoms with Gasteiger partial charge in [0.25, 0.3) is 0 Å². The van der Waals surface area contributed by atoms with Gasteiger partial charge < -0.3 is 9.88 Å². The first-order valence-electron chi connectivity index (χ1n) is 8.56. The predicted molar refractivity (Wildman–Crippen MR) is 89.2 cm³/mol. The SMILES string of the molecule is Cc1nccn1-c1ccc([C@H](C)NC(=O)C2[C@H]3CCC[C@H]23)cc1. The first-order valence-corrected chi connectivity index (χ1v) is 8.56. The second-order valence-electron chi connectivity index (χ2n) is 6.95. The van der Waals surface area contributed by atoms with Crippen LogP contribution in [0.25, 0.3) is 5.69 Å². The number of hydrogen-bond donors (Lipinski definition) is 1. The lowest BCUT2D eigenvalue weighted by molar-refractivity contribution is -0.123. The molecule has 0 bridgehead atoms. The Bertz CT molecular complexity index is 708. The average Bonchev–Trinajstić information content (AvgIpc) is 2.89. The molecule has 4 nitrogen and oxygen atoms in total. The van der Waals surface area contributed by atoms with Gasteiger partial charge in [-0.1, -0.05) is 18.6 Å². The standard InChI is InChI=1S/C19H23N3O/c1-12(21-19(23)18-16-4-3-5-17(16)18)14-6-8-15(9-7-14)22-11-10-20-13(22)2/h6-12,16-18H,3-5H2,1-2H3,(H,21,23)/t12-,16-,17-/m0/s1. The van der Waals surface area contributed by atoms with Crippen LogP contribution in [0.3, 0.4) is 0 Å². The number of nitrogens with one attached hydrogen (secondary N) is 1. The van der Waals surface area contributed by atoms with Crippen molar-refractivity contribution in [2.24, 2.45) is 17.8 Å². The molecule has 120 valence electrons. The summed E-state index contributed by atoms with van der Waals surface area (Å²) in [4.78, 5) is 16.6. The number of benzene rings is 1. The van der Waals surface area contributed by atoms with E-state index in [1.165, 1.54) is 19.3 Å². The van der Waals surface area contributed by atoms with Gasteiger partial charge in [0, 0.05) is 24.0 Å². The zero-order valence-electron chi connectivity index (χ0n) is 13.7. The summed E-state index contributed by atoms with van der Waals surface area (Å²) >= 11 is 0. The van der Waals surface area contributed by atoms with Gasteiger partial charge in [-0.15, -0.1) is 0 Å². The maximum atomic E-state index is 12.4. The van der Waals surface area contributed by atoms with Crippen LogP contribution in [0.4, 0.5) is 0 Å². The first-order chi connectivity index (χ1) is 11.1. The minimum Gasteiger partial charge on any atom is -0.349 e. The smallest absolute Gasteiger partial charge is 0.224 e. The number of fused-ring (bicyclic) bond motifs is 1. The van der Waals surface area contributed by atoms with Crippen LogP contribution in [0, 0.1) is 24.7 Å². The van der Waals surface area contributed by atoms with Gasteiger partial charge in [-0.3, -0.25) is 4.79 Å². The fraction of sp³-hybridized carbons (Fsp3) is 0.474. The van der Waals surface area contributed by atoms with Crippen molar-refractivity contribution in [2.45, 2.75) is 39.2 Å². The van der Waals surface area contributed by atoms with E-state index >= 15 is 0 Å². The van der Waals surface area contributed by atoms with E-state index in [1.807, 2.05) is 13.1 Å². The molecule has 0 radical (unpaired) electrons. The summed E-state index contributed by atoms with van der Waals surface area (Å²) in [6.07, 6.45) is 7.57. The Morgan fingerprint density at radius 3 is 2.57 bits per heavy atom. The van der Waals surface area contributed by atoms with Crippen molar-refractivity contribution in [3.05, 3.63) is 48.0 Å². The molecule has 4 heteroatoms. The molecule has 2 aliphatic carbocycles. The van der Waals surface area contributed by atoms with E-state index in [0.717, 1.165) is 17.1 Å². The molecule has 2 saturated carbocycles. The van der Waals surface area contributed by atoms with Crippen molar-refractivity contribution in [1.82, 2.24) is 14.9 Å². The van der Waals surface area contributed by atoms with Gasteiger partial charge in [-0.05, 0) is 56.2 Å². The predicted octanol–water partition coefficient (Wildman–Crippen LogP) is 3.40. The van der Waals surface area contributed by atoms with Crippen LogP contribution in [-0.4, -0.2) is 15.5 Å². The summed E-state index contributed by atoms with van der Waals surface area (Å²) in [5.41, 5.74) is 2.24. The number of aromatic nitrogens is 2. The average molecular weight is 309 g/mol. The van der Waals surface area contributed by atoms with Crippen molar-refractivity contribution in [3.63, 3.8) is 0 Å². The van der Waals surface area contributed by atoms with Crippen LogP contribution in [0.1, 0.15) is 43.6 Å². The fourth-order valence-electron chi connectivity index (χ4n) is 4.18. The molecule has 0 aliphatic heterocycles.